The topological polar surface area (TPSA) is 30.7 Å². The van der Waals surface area contributed by atoms with Crippen LogP contribution in [0.5, 0.6) is 0 Å². The molecule has 4 aromatic rings. The Labute approximate surface area is 147 Å². The van der Waals surface area contributed by atoms with Crippen LogP contribution in [0.25, 0.3) is 28.0 Å². The highest BCUT2D eigenvalue weighted by atomic mass is 19.1. The standard InChI is InChI=1S/C20H14F3N3/c1-11-5-6-24-20(18(11)15-4-3-13(21)7-12(15)2)26-10-25-17-9-14(22)8-16(23)19(17)26/h3-10H,1-2H3. The van der Waals surface area contributed by atoms with E-state index < -0.39 is 11.6 Å². The van der Waals surface area contributed by atoms with E-state index in [1.807, 2.05) is 13.0 Å². The Morgan fingerprint density at radius 3 is 2.42 bits per heavy atom. The van der Waals surface area contributed by atoms with E-state index >= 15 is 0 Å². The number of rotatable bonds is 2. The Kier molecular flexibility index (Phi) is 3.76. The zero-order valence-corrected chi connectivity index (χ0v) is 14.1. The first kappa shape index (κ1) is 16.3. The summed E-state index contributed by atoms with van der Waals surface area (Å²) in [4.78, 5) is 8.51. The number of pyridine rings is 1. The monoisotopic (exact) mass is 353 g/mol. The minimum atomic E-state index is -0.720. The maximum atomic E-state index is 14.4. The van der Waals surface area contributed by atoms with E-state index in [0.717, 1.165) is 28.3 Å². The van der Waals surface area contributed by atoms with Crippen molar-refractivity contribution >= 4 is 11.0 Å². The molecule has 0 amide bonds. The third-order valence-corrected chi connectivity index (χ3v) is 4.39. The van der Waals surface area contributed by atoms with Crippen LogP contribution in [0, 0.1) is 31.3 Å². The molecular weight excluding hydrogens is 339 g/mol. The average molecular weight is 353 g/mol. The van der Waals surface area contributed by atoms with Gasteiger partial charge in [0.25, 0.3) is 0 Å². The maximum Gasteiger partial charge on any atom is 0.152 e. The lowest BCUT2D eigenvalue weighted by Crippen LogP contribution is -2.03. The highest BCUT2D eigenvalue weighted by molar-refractivity contribution is 5.82. The van der Waals surface area contributed by atoms with Crippen molar-refractivity contribution in [2.75, 3.05) is 0 Å². The van der Waals surface area contributed by atoms with Gasteiger partial charge in [0.2, 0.25) is 0 Å². The Morgan fingerprint density at radius 1 is 0.846 bits per heavy atom. The second kappa shape index (κ2) is 5.98. The van der Waals surface area contributed by atoms with Crippen molar-refractivity contribution < 1.29 is 13.2 Å². The quantitative estimate of drug-likeness (QED) is 0.501. The smallest absolute Gasteiger partial charge is 0.152 e. The van der Waals surface area contributed by atoms with E-state index in [0.29, 0.717) is 5.82 Å². The zero-order chi connectivity index (χ0) is 18.4. The van der Waals surface area contributed by atoms with Crippen molar-refractivity contribution in [2.24, 2.45) is 0 Å². The van der Waals surface area contributed by atoms with Crippen molar-refractivity contribution in [1.29, 1.82) is 0 Å². The number of halogens is 3. The molecule has 0 spiro atoms. The number of imidazole rings is 1. The van der Waals surface area contributed by atoms with Crippen LogP contribution in [0.2, 0.25) is 0 Å². The van der Waals surface area contributed by atoms with E-state index in [1.54, 1.807) is 19.2 Å². The number of fused-ring (bicyclic) bond motifs is 1. The summed E-state index contributed by atoms with van der Waals surface area (Å²) in [5, 5.41) is 0. The normalized spacial score (nSPS) is 11.3. The van der Waals surface area contributed by atoms with Gasteiger partial charge >= 0.3 is 0 Å². The van der Waals surface area contributed by atoms with Crippen LogP contribution in [0.3, 0.4) is 0 Å². The second-order valence-corrected chi connectivity index (χ2v) is 6.16. The average Bonchev–Trinajstić information content (AvgIpc) is 2.99. The molecule has 0 saturated heterocycles. The summed E-state index contributed by atoms with van der Waals surface area (Å²) in [6.45, 7) is 3.70. The second-order valence-electron chi connectivity index (χ2n) is 6.16. The first-order valence-electron chi connectivity index (χ1n) is 8.00. The van der Waals surface area contributed by atoms with Crippen LogP contribution in [-0.4, -0.2) is 14.5 Å². The number of hydrogen-bond donors (Lipinski definition) is 0. The molecule has 0 saturated carbocycles. The van der Waals surface area contributed by atoms with Gasteiger partial charge in [0.05, 0.1) is 5.52 Å². The number of aromatic nitrogens is 3. The molecule has 6 heteroatoms. The van der Waals surface area contributed by atoms with Gasteiger partial charge in [-0.15, -0.1) is 0 Å². The number of benzene rings is 2. The van der Waals surface area contributed by atoms with Gasteiger partial charge < -0.3 is 0 Å². The summed E-state index contributed by atoms with van der Waals surface area (Å²) in [6, 6.07) is 8.31. The molecule has 0 aliphatic heterocycles. The van der Waals surface area contributed by atoms with E-state index in [2.05, 4.69) is 9.97 Å². The predicted molar refractivity (Wildman–Crippen MR) is 93.6 cm³/mol. The van der Waals surface area contributed by atoms with Gasteiger partial charge in [0, 0.05) is 23.9 Å². The lowest BCUT2D eigenvalue weighted by molar-refractivity contribution is 0.589. The van der Waals surface area contributed by atoms with Crippen molar-refractivity contribution in [1.82, 2.24) is 14.5 Å². The van der Waals surface area contributed by atoms with Gasteiger partial charge in [0.1, 0.15) is 29.3 Å². The highest BCUT2D eigenvalue weighted by Gasteiger charge is 2.18. The summed E-state index contributed by atoms with van der Waals surface area (Å²) in [7, 11) is 0. The lowest BCUT2D eigenvalue weighted by atomic mass is 9.97. The van der Waals surface area contributed by atoms with Gasteiger partial charge in [-0.2, -0.15) is 0 Å². The van der Waals surface area contributed by atoms with E-state index in [-0.39, 0.29) is 16.9 Å². The van der Waals surface area contributed by atoms with Gasteiger partial charge in [-0.3, -0.25) is 4.57 Å². The fourth-order valence-corrected chi connectivity index (χ4v) is 3.19. The molecule has 3 nitrogen and oxygen atoms in total. The molecule has 2 aromatic carbocycles. The first-order valence-corrected chi connectivity index (χ1v) is 8.00. The molecular formula is C20H14F3N3. The third kappa shape index (κ3) is 2.54. The van der Waals surface area contributed by atoms with Crippen LogP contribution in [0.15, 0.2) is 48.9 Å². The van der Waals surface area contributed by atoms with Crippen molar-refractivity contribution in [3.05, 3.63) is 77.5 Å². The molecule has 26 heavy (non-hydrogen) atoms. The molecule has 0 fully saturated rings. The highest BCUT2D eigenvalue weighted by Crippen LogP contribution is 2.33. The molecule has 2 heterocycles. The lowest BCUT2D eigenvalue weighted by Gasteiger charge is -2.15. The molecule has 0 aliphatic carbocycles. The predicted octanol–water partition coefficient (Wildman–Crippen LogP) is 5.12. The van der Waals surface area contributed by atoms with Crippen molar-refractivity contribution in [2.45, 2.75) is 13.8 Å². The van der Waals surface area contributed by atoms with Gasteiger partial charge in [-0.1, -0.05) is 6.07 Å². The maximum absolute atomic E-state index is 14.4. The SMILES string of the molecule is Cc1cc(F)ccc1-c1c(C)ccnc1-n1cnc2cc(F)cc(F)c21. The Morgan fingerprint density at radius 2 is 1.65 bits per heavy atom. The number of nitrogens with zero attached hydrogens (tertiary/aromatic N) is 3. The third-order valence-electron chi connectivity index (χ3n) is 4.39. The summed E-state index contributed by atoms with van der Waals surface area (Å²) in [6.07, 6.45) is 3.03. The molecule has 2 aromatic heterocycles. The van der Waals surface area contributed by atoms with Crippen LogP contribution in [0.4, 0.5) is 13.2 Å². The fraction of sp³-hybridized carbons (Fsp3) is 0.100. The van der Waals surface area contributed by atoms with Crippen LogP contribution < -0.4 is 0 Å². The first-order chi connectivity index (χ1) is 12.5. The van der Waals surface area contributed by atoms with Crippen LogP contribution in [0.1, 0.15) is 11.1 Å². The van der Waals surface area contributed by atoms with Gasteiger partial charge in [-0.05, 0) is 48.7 Å². The fourth-order valence-electron chi connectivity index (χ4n) is 3.19. The van der Waals surface area contributed by atoms with E-state index in [9.17, 15) is 13.2 Å². The van der Waals surface area contributed by atoms with E-state index in [4.69, 9.17) is 0 Å². The molecule has 130 valence electrons. The largest absolute Gasteiger partial charge is 0.279 e. The molecule has 0 atom stereocenters. The number of hydrogen-bond acceptors (Lipinski definition) is 2. The summed E-state index contributed by atoms with van der Waals surface area (Å²) >= 11 is 0. The van der Waals surface area contributed by atoms with Crippen LogP contribution in [-0.2, 0) is 0 Å². The molecule has 0 radical (unpaired) electrons. The van der Waals surface area contributed by atoms with Crippen LogP contribution >= 0.6 is 0 Å². The molecule has 0 unspecified atom stereocenters. The summed E-state index contributed by atoms with van der Waals surface area (Å²) in [5.74, 6) is -1.29. The van der Waals surface area contributed by atoms with Crippen molar-refractivity contribution in [3.63, 3.8) is 0 Å². The molecule has 0 aliphatic rings. The summed E-state index contributed by atoms with van der Waals surface area (Å²) < 4.78 is 42.9. The van der Waals surface area contributed by atoms with Gasteiger partial charge in [-0.25, -0.2) is 23.1 Å². The Bertz CT molecular complexity index is 1150. The van der Waals surface area contributed by atoms with Crippen molar-refractivity contribution in [3.8, 4) is 16.9 Å². The molecule has 0 bridgehead atoms. The minimum absolute atomic E-state index is 0.144. The Balaban J connectivity index is 2.04. The Hall–Kier alpha value is -3.15. The molecule has 0 N–H and O–H groups in total. The van der Waals surface area contributed by atoms with E-state index in [1.165, 1.54) is 29.1 Å². The zero-order valence-electron chi connectivity index (χ0n) is 14.1. The molecule has 4 rings (SSSR count). The minimum Gasteiger partial charge on any atom is -0.279 e. The van der Waals surface area contributed by atoms with Gasteiger partial charge in [0.15, 0.2) is 5.82 Å². The number of aryl methyl sites for hydroxylation is 2. The summed E-state index contributed by atoms with van der Waals surface area (Å²) in [5.41, 5.74) is 3.51.